The fourth-order valence-corrected chi connectivity index (χ4v) is 3.91. The summed E-state index contributed by atoms with van der Waals surface area (Å²) in [6, 6.07) is 15.2. The number of hydrogen-bond acceptors (Lipinski definition) is 6. The largest absolute Gasteiger partial charge is 0.497 e. The predicted molar refractivity (Wildman–Crippen MR) is 120 cm³/mol. The van der Waals surface area contributed by atoms with E-state index in [0.29, 0.717) is 22.9 Å². The van der Waals surface area contributed by atoms with Crippen molar-refractivity contribution in [2.45, 2.75) is 17.9 Å². The number of thioether (sulfide) groups is 1. The molecule has 0 aliphatic rings. The van der Waals surface area contributed by atoms with Crippen LogP contribution in [0.15, 0.2) is 76.5 Å². The number of nitrogens with zero attached hydrogens (tertiary/aromatic N) is 3. The molecule has 0 aliphatic carbocycles. The lowest BCUT2D eigenvalue weighted by Crippen LogP contribution is -2.24. The summed E-state index contributed by atoms with van der Waals surface area (Å²) in [6.45, 7) is 0.226. The molecule has 0 aliphatic heterocycles. The Labute approximate surface area is 196 Å². The molecule has 1 amide bonds. The second-order valence-electron chi connectivity index (χ2n) is 7.06. The smallest absolute Gasteiger partial charge is 0.416 e. The topological polar surface area (TPSA) is 82.2 Å². The van der Waals surface area contributed by atoms with Gasteiger partial charge >= 0.3 is 6.18 Å². The summed E-state index contributed by atoms with van der Waals surface area (Å²) in [5, 5.41) is 11.3. The van der Waals surface area contributed by atoms with Crippen molar-refractivity contribution in [1.82, 2.24) is 20.1 Å². The van der Waals surface area contributed by atoms with Gasteiger partial charge in [-0.2, -0.15) is 13.2 Å². The maximum absolute atomic E-state index is 13.4. The van der Waals surface area contributed by atoms with Gasteiger partial charge in [-0.1, -0.05) is 17.8 Å². The number of carbonyl (C=O) groups is 1. The Bertz CT molecular complexity index is 1260. The number of benzene rings is 2. The van der Waals surface area contributed by atoms with Gasteiger partial charge in [0, 0.05) is 5.56 Å². The minimum Gasteiger partial charge on any atom is -0.497 e. The lowest BCUT2D eigenvalue weighted by Gasteiger charge is -2.13. The van der Waals surface area contributed by atoms with Crippen molar-refractivity contribution < 1.29 is 27.1 Å². The first-order valence-corrected chi connectivity index (χ1v) is 11.0. The van der Waals surface area contributed by atoms with Crippen molar-refractivity contribution in [1.29, 1.82) is 0 Å². The van der Waals surface area contributed by atoms with Crippen molar-refractivity contribution in [2.24, 2.45) is 0 Å². The molecule has 2 heterocycles. The van der Waals surface area contributed by atoms with Crippen LogP contribution in [0, 0.1) is 0 Å². The number of aromatic nitrogens is 3. The van der Waals surface area contributed by atoms with Gasteiger partial charge in [0.1, 0.15) is 11.5 Å². The molecule has 34 heavy (non-hydrogen) atoms. The van der Waals surface area contributed by atoms with Crippen LogP contribution in [-0.2, 0) is 17.5 Å². The Hall–Kier alpha value is -3.73. The van der Waals surface area contributed by atoms with Crippen molar-refractivity contribution in [3.8, 4) is 22.8 Å². The van der Waals surface area contributed by atoms with Crippen molar-refractivity contribution in [3.05, 3.63) is 78.3 Å². The summed E-state index contributed by atoms with van der Waals surface area (Å²) in [4.78, 5) is 12.3. The van der Waals surface area contributed by atoms with Crippen LogP contribution in [0.4, 0.5) is 13.2 Å². The highest BCUT2D eigenvalue weighted by Crippen LogP contribution is 2.33. The van der Waals surface area contributed by atoms with Gasteiger partial charge in [-0.25, -0.2) is 0 Å². The van der Waals surface area contributed by atoms with E-state index < -0.39 is 11.7 Å². The molecule has 11 heteroatoms. The van der Waals surface area contributed by atoms with Crippen LogP contribution in [-0.4, -0.2) is 33.5 Å². The molecule has 2 aromatic carbocycles. The van der Waals surface area contributed by atoms with Crippen LogP contribution in [0.2, 0.25) is 0 Å². The zero-order valence-electron chi connectivity index (χ0n) is 17.9. The van der Waals surface area contributed by atoms with Gasteiger partial charge in [0.15, 0.2) is 11.0 Å². The number of methoxy groups -OCH3 is 1. The highest BCUT2D eigenvalue weighted by molar-refractivity contribution is 7.99. The molecular weight excluding hydrogens is 469 g/mol. The first-order valence-electron chi connectivity index (χ1n) is 10.0. The van der Waals surface area contributed by atoms with E-state index in [4.69, 9.17) is 9.15 Å². The fraction of sp³-hybridized carbons (Fsp3) is 0.174. The summed E-state index contributed by atoms with van der Waals surface area (Å²) < 4.78 is 51.9. The Morgan fingerprint density at radius 1 is 1.12 bits per heavy atom. The maximum Gasteiger partial charge on any atom is 0.416 e. The van der Waals surface area contributed by atoms with Crippen LogP contribution >= 0.6 is 11.8 Å². The summed E-state index contributed by atoms with van der Waals surface area (Å²) in [5.74, 6) is 1.26. The van der Waals surface area contributed by atoms with E-state index in [2.05, 4.69) is 15.5 Å². The third kappa shape index (κ3) is 5.42. The second-order valence-corrected chi connectivity index (χ2v) is 8.01. The monoisotopic (exact) mass is 488 g/mol. The molecule has 4 aromatic rings. The summed E-state index contributed by atoms with van der Waals surface area (Å²) in [6.07, 6.45) is -3.00. The van der Waals surface area contributed by atoms with Gasteiger partial charge in [0.05, 0.1) is 36.9 Å². The highest BCUT2D eigenvalue weighted by atomic mass is 32.2. The van der Waals surface area contributed by atoms with Crippen LogP contribution in [0.1, 0.15) is 11.3 Å². The minimum atomic E-state index is -4.51. The van der Waals surface area contributed by atoms with E-state index in [1.54, 1.807) is 36.4 Å². The van der Waals surface area contributed by atoms with Gasteiger partial charge in [0.2, 0.25) is 5.91 Å². The third-order valence-corrected chi connectivity index (χ3v) is 5.71. The second kappa shape index (κ2) is 10.0. The van der Waals surface area contributed by atoms with E-state index in [1.165, 1.54) is 30.1 Å². The number of amides is 1. The number of furan rings is 1. The van der Waals surface area contributed by atoms with Crippen molar-refractivity contribution >= 4 is 17.7 Å². The molecule has 0 spiro atoms. The Balaban J connectivity index is 1.63. The molecule has 0 bridgehead atoms. The average molecular weight is 488 g/mol. The van der Waals surface area contributed by atoms with Crippen molar-refractivity contribution in [3.63, 3.8) is 0 Å². The Kier molecular flexibility index (Phi) is 6.92. The van der Waals surface area contributed by atoms with Crippen LogP contribution in [0.25, 0.3) is 17.1 Å². The molecule has 0 saturated heterocycles. The summed E-state index contributed by atoms with van der Waals surface area (Å²) in [7, 11) is 1.53. The van der Waals surface area contributed by atoms with Crippen LogP contribution in [0.5, 0.6) is 5.75 Å². The molecule has 1 N–H and O–H groups in total. The lowest BCUT2D eigenvalue weighted by atomic mass is 10.1. The zero-order valence-corrected chi connectivity index (χ0v) is 18.7. The molecular formula is C23H19F3N4O3S. The van der Waals surface area contributed by atoms with E-state index in [-0.39, 0.29) is 29.0 Å². The predicted octanol–water partition coefficient (Wildman–Crippen LogP) is 4.96. The minimum absolute atomic E-state index is 0.0135. The van der Waals surface area contributed by atoms with Gasteiger partial charge in [-0.15, -0.1) is 10.2 Å². The zero-order chi connectivity index (χ0) is 24.1. The van der Waals surface area contributed by atoms with Crippen molar-refractivity contribution in [2.75, 3.05) is 12.9 Å². The number of nitrogens with one attached hydrogen (secondary N) is 1. The number of ether oxygens (including phenoxy) is 1. The highest BCUT2D eigenvalue weighted by Gasteiger charge is 2.31. The number of hydrogen-bond donors (Lipinski definition) is 1. The standard InChI is InChI=1S/C23H19F3N4O3S/c1-32-18-9-7-15(8-10-18)21-28-29-22(34-14-20(31)27-13-19-6-3-11-33-19)30(21)17-5-2-4-16(12-17)23(24,25)26/h2-12H,13-14H2,1H3,(H,27,31). The van der Waals surface area contributed by atoms with Gasteiger partial charge in [-0.05, 0) is 54.6 Å². The van der Waals surface area contributed by atoms with E-state index in [0.717, 1.165) is 23.9 Å². The first kappa shape index (κ1) is 23.4. The molecule has 0 atom stereocenters. The third-order valence-electron chi connectivity index (χ3n) is 4.79. The average Bonchev–Trinajstić information content (AvgIpc) is 3.51. The van der Waals surface area contributed by atoms with Crippen LogP contribution in [0.3, 0.4) is 0 Å². The number of halogens is 3. The SMILES string of the molecule is COc1ccc(-c2nnc(SCC(=O)NCc3ccco3)n2-c2cccc(C(F)(F)F)c2)cc1. The van der Waals surface area contributed by atoms with Gasteiger partial charge in [-0.3, -0.25) is 9.36 Å². The first-order chi connectivity index (χ1) is 16.3. The quantitative estimate of drug-likeness (QED) is 0.353. The fourth-order valence-electron chi connectivity index (χ4n) is 3.12. The number of alkyl halides is 3. The molecule has 0 radical (unpaired) electrons. The lowest BCUT2D eigenvalue weighted by molar-refractivity contribution is -0.137. The molecule has 0 fully saturated rings. The maximum atomic E-state index is 13.4. The molecule has 176 valence electrons. The molecule has 0 unspecified atom stereocenters. The van der Waals surface area contributed by atoms with E-state index in [1.807, 2.05) is 0 Å². The number of carbonyl (C=O) groups excluding carboxylic acids is 1. The van der Waals surface area contributed by atoms with Crippen LogP contribution < -0.4 is 10.1 Å². The summed E-state index contributed by atoms with van der Waals surface area (Å²) in [5.41, 5.74) is 0.0514. The Morgan fingerprint density at radius 3 is 2.59 bits per heavy atom. The molecule has 7 nitrogen and oxygen atoms in total. The van der Waals surface area contributed by atoms with E-state index in [9.17, 15) is 18.0 Å². The number of rotatable bonds is 8. The van der Waals surface area contributed by atoms with Gasteiger partial charge < -0.3 is 14.5 Å². The summed E-state index contributed by atoms with van der Waals surface area (Å²) >= 11 is 1.06. The molecule has 4 rings (SSSR count). The van der Waals surface area contributed by atoms with Gasteiger partial charge in [0.25, 0.3) is 0 Å². The molecule has 2 aromatic heterocycles. The van der Waals surface area contributed by atoms with E-state index >= 15 is 0 Å². The Morgan fingerprint density at radius 2 is 1.91 bits per heavy atom. The molecule has 0 saturated carbocycles. The normalized spacial score (nSPS) is 11.4.